The number of aromatic amines is 1. The molecule has 1 aromatic heterocycles. The lowest BCUT2D eigenvalue weighted by Crippen LogP contribution is -2.41. The van der Waals surface area contributed by atoms with E-state index in [4.69, 9.17) is 0 Å². The first kappa shape index (κ1) is 17.9. The lowest BCUT2D eigenvalue weighted by atomic mass is 9.94. The standard InChI is InChI=1S/C18H23FN4OS/c1-13-20-18(22-21-13)25-12-17(24)23(16-5-3-2-4-6-16)11-14-7-9-15(19)10-8-14/h7-10,16H,2-6,11-12H2,1H3,(H,20,21,22). The first-order chi connectivity index (χ1) is 12.1. The molecule has 1 heterocycles. The molecule has 0 radical (unpaired) electrons. The number of rotatable bonds is 6. The smallest absolute Gasteiger partial charge is 0.233 e. The van der Waals surface area contributed by atoms with Crippen molar-refractivity contribution in [2.75, 3.05) is 5.75 Å². The van der Waals surface area contributed by atoms with Crippen molar-refractivity contribution in [3.8, 4) is 0 Å². The Hall–Kier alpha value is -1.89. The van der Waals surface area contributed by atoms with Crippen molar-refractivity contribution in [2.24, 2.45) is 0 Å². The second-order valence-electron chi connectivity index (χ2n) is 6.43. The number of thioether (sulfide) groups is 1. The first-order valence-corrected chi connectivity index (χ1v) is 9.66. The van der Waals surface area contributed by atoms with Crippen LogP contribution in [0, 0.1) is 12.7 Å². The summed E-state index contributed by atoms with van der Waals surface area (Å²) in [5, 5.41) is 7.45. The maximum absolute atomic E-state index is 13.1. The van der Waals surface area contributed by atoms with Gasteiger partial charge in [0.2, 0.25) is 11.1 Å². The number of nitrogens with zero attached hydrogens (tertiary/aromatic N) is 3. The van der Waals surface area contributed by atoms with Crippen LogP contribution in [0.25, 0.3) is 0 Å². The summed E-state index contributed by atoms with van der Waals surface area (Å²) in [7, 11) is 0. The van der Waals surface area contributed by atoms with Gasteiger partial charge in [-0.3, -0.25) is 9.89 Å². The van der Waals surface area contributed by atoms with Crippen LogP contribution >= 0.6 is 11.8 Å². The van der Waals surface area contributed by atoms with Crippen LogP contribution in [0.3, 0.4) is 0 Å². The number of benzene rings is 1. The third kappa shape index (κ3) is 5.04. The van der Waals surface area contributed by atoms with Gasteiger partial charge in [0, 0.05) is 12.6 Å². The number of aromatic nitrogens is 3. The SMILES string of the molecule is Cc1nc(SCC(=O)N(Cc2ccc(F)cc2)C2CCCCC2)n[nH]1. The summed E-state index contributed by atoms with van der Waals surface area (Å²) >= 11 is 1.35. The number of carbonyl (C=O) groups is 1. The van der Waals surface area contributed by atoms with Gasteiger partial charge in [0.25, 0.3) is 0 Å². The van der Waals surface area contributed by atoms with Crippen LogP contribution in [0.15, 0.2) is 29.4 Å². The van der Waals surface area contributed by atoms with Crippen LogP contribution < -0.4 is 0 Å². The first-order valence-electron chi connectivity index (χ1n) is 8.67. The highest BCUT2D eigenvalue weighted by Crippen LogP contribution is 2.25. The van der Waals surface area contributed by atoms with Gasteiger partial charge in [-0.05, 0) is 37.5 Å². The van der Waals surface area contributed by atoms with E-state index in [2.05, 4.69) is 15.2 Å². The molecule has 0 spiro atoms. The molecular formula is C18H23FN4OS. The molecule has 0 saturated heterocycles. The monoisotopic (exact) mass is 362 g/mol. The fraction of sp³-hybridized carbons (Fsp3) is 0.500. The number of hydrogen-bond donors (Lipinski definition) is 1. The van der Waals surface area contributed by atoms with Gasteiger partial charge in [-0.2, -0.15) is 0 Å². The van der Waals surface area contributed by atoms with Crippen molar-refractivity contribution in [1.82, 2.24) is 20.1 Å². The van der Waals surface area contributed by atoms with Crippen LogP contribution in [-0.2, 0) is 11.3 Å². The molecule has 5 nitrogen and oxygen atoms in total. The zero-order chi connectivity index (χ0) is 17.6. The normalized spacial score (nSPS) is 15.3. The second kappa shape index (κ2) is 8.47. The summed E-state index contributed by atoms with van der Waals surface area (Å²) in [5.74, 6) is 0.888. The lowest BCUT2D eigenvalue weighted by molar-refractivity contribution is -0.132. The molecule has 0 aliphatic heterocycles. The Bertz CT molecular complexity index is 697. The molecule has 3 rings (SSSR count). The minimum atomic E-state index is -0.255. The summed E-state index contributed by atoms with van der Waals surface area (Å²) < 4.78 is 13.1. The number of amides is 1. The highest BCUT2D eigenvalue weighted by molar-refractivity contribution is 7.99. The molecule has 1 N–H and O–H groups in total. The Morgan fingerprint density at radius 3 is 2.64 bits per heavy atom. The molecule has 2 aromatic rings. The van der Waals surface area contributed by atoms with Gasteiger partial charge in [-0.1, -0.05) is 43.2 Å². The van der Waals surface area contributed by atoms with E-state index in [1.54, 1.807) is 12.1 Å². The molecule has 1 fully saturated rings. The van der Waals surface area contributed by atoms with Crippen LogP contribution in [0.5, 0.6) is 0 Å². The highest BCUT2D eigenvalue weighted by atomic mass is 32.2. The van der Waals surface area contributed by atoms with Crippen molar-refractivity contribution >= 4 is 17.7 Å². The van der Waals surface area contributed by atoms with Gasteiger partial charge in [0.05, 0.1) is 5.75 Å². The predicted molar refractivity (Wildman–Crippen MR) is 95.7 cm³/mol. The molecule has 134 valence electrons. The molecule has 1 aliphatic carbocycles. The fourth-order valence-electron chi connectivity index (χ4n) is 3.20. The molecule has 1 aliphatic rings. The Morgan fingerprint density at radius 2 is 2.00 bits per heavy atom. The third-order valence-corrected chi connectivity index (χ3v) is 5.34. The summed E-state index contributed by atoms with van der Waals surface area (Å²) in [5.41, 5.74) is 0.957. The fourth-order valence-corrected chi connectivity index (χ4v) is 3.93. The van der Waals surface area contributed by atoms with Crippen molar-refractivity contribution < 1.29 is 9.18 Å². The molecule has 7 heteroatoms. The van der Waals surface area contributed by atoms with E-state index in [1.807, 2.05) is 11.8 Å². The topological polar surface area (TPSA) is 61.9 Å². The van der Waals surface area contributed by atoms with Gasteiger partial charge in [-0.25, -0.2) is 9.37 Å². The highest BCUT2D eigenvalue weighted by Gasteiger charge is 2.25. The summed E-state index contributed by atoms with van der Waals surface area (Å²) in [4.78, 5) is 19.0. The van der Waals surface area contributed by atoms with Crippen LogP contribution in [0.4, 0.5) is 4.39 Å². The Labute approximate surface area is 151 Å². The predicted octanol–water partition coefficient (Wildman–Crippen LogP) is 3.71. The Morgan fingerprint density at radius 1 is 1.28 bits per heavy atom. The molecule has 1 saturated carbocycles. The van der Waals surface area contributed by atoms with Gasteiger partial charge in [0.1, 0.15) is 11.6 Å². The molecule has 0 atom stereocenters. The van der Waals surface area contributed by atoms with E-state index in [-0.39, 0.29) is 17.8 Å². The number of hydrogen-bond acceptors (Lipinski definition) is 4. The van der Waals surface area contributed by atoms with E-state index >= 15 is 0 Å². The molecule has 0 unspecified atom stereocenters. The summed E-state index contributed by atoms with van der Waals surface area (Å²) in [6.45, 7) is 2.36. The summed E-state index contributed by atoms with van der Waals surface area (Å²) in [6, 6.07) is 6.67. The number of carbonyl (C=O) groups excluding carboxylic acids is 1. The maximum atomic E-state index is 13.1. The minimum absolute atomic E-state index is 0.0867. The van der Waals surface area contributed by atoms with E-state index < -0.39 is 0 Å². The molecule has 25 heavy (non-hydrogen) atoms. The van der Waals surface area contributed by atoms with E-state index in [9.17, 15) is 9.18 Å². The Kier molecular flexibility index (Phi) is 6.07. The van der Waals surface area contributed by atoms with Crippen molar-refractivity contribution in [3.63, 3.8) is 0 Å². The van der Waals surface area contributed by atoms with E-state index in [1.165, 1.54) is 30.3 Å². The van der Waals surface area contributed by atoms with Gasteiger partial charge in [0.15, 0.2) is 0 Å². The average Bonchev–Trinajstić information content (AvgIpc) is 3.05. The summed E-state index contributed by atoms with van der Waals surface area (Å²) in [6.07, 6.45) is 5.63. The zero-order valence-corrected chi connectivity index (χ0v) is 15.2. The average molecular weight is 362 g/mol. The van der Waals surface area contributed by atoms with E-state index in [0.29, 0.717) is 17.5 Å². The molecule has 1 aromatic carbocycles. The maximum Gasteiger partial charge on any atom is 0.233 e. The van der Waals surface area contributed by atoms with Gasteiger partial charge < -0.3 is 4.90 Å². The van der Waals surface area contributed by atoms with E-state index in [0.717, 1.165) is 37.1 Å². The van der Waals surface area contributed by atoms with Crippen molar-refractivity contribution in [2.45, 2.75) is 56.8 Å². The zero-order valence-electron chi connectivity index (χ0n) is 14.4. The Balaban J connectivity index is 1.67. The van der Waals surface area contributed by atoms with Crippen LogP contribution in [0.1, 0.15) is 43.5 Å². The van der Waals surface area contributed by atoms with Crippen LogP contribution in [-0.4, -0.2) is 37.8 Å². The number of nitrogens with one attached hydrogen (secondary N) is 1. The van der Waals surface area contributed by atoms with Gasteiger partial charge in [-0.15, -0.1) is 5.10 Å². The molecular weight excluding hydrogens is 339 g/mol. The quantitative estimate of drug-likeness (QED) is 0.796. The second-order valence-corrected chi connectivity index (χ2v) is 7.37. The largest absolute Gasteiger partial charge is 0.335 e. The lowest BCUT2D eigenvalue weighted by Gasteiger charge is -2.34. The minimum Gasteiger partial charge on any atom is -0.335 e. The van der Waals surface area contributed by atoms with Crippen molar-refractivity contribution in [1.29, 1.82) is 0 Å². The van der Waals surface area contributed by atoms with Crippen LogP contribution in [0.2, 0.25) is 0 Å². The van der Waals surface area contributed by atoms with Crippen molar-refractivity contribution in [3.05, 3.63) is 41.5 Å². The number of H-pyrrole nitrogens is 1. The van der Waals surface area contributed by atoms with Gasteiger partial charge >= 0.3 is 0 Å². The third-order valence-electron chi connectivity index (χ3n) is 4.50. The number of aryl methyl sites for hydroxylation is 1. The number of halogens is 1. The molecule has 1 amide bonds. The molecule has 0 bridgehead atoms.